The van der Waals surface area contributed by atoms with Crippen LogP contribution < -0.4 is 5.32 Å². The van der Waals surface area contributed by atoms with Gasteiger partial charge in [0.05, 0.1) is 13.2 Å². The largest absolute Gasteiger partial charge is 0.383 e. The Balaban J connectivity index is 1.90. The first-order valence-electron chi connectivity index (χ1n) is 6.96. The molecule has 20 heavy (non-hydrogen) atoms. The summed E-state index contributed by atoms with van der Waals surface area (Å²) in [7, 11) is 1.63. The van der Waals surface area contributed by atoms with Crippen molar-refractivity contribution >= 4 is 17.5 Å². The normalized spacial score (nSPS) is 19.2. The third kappa shape index (κ3) is 4.20. The highest BCUT2D eigenvalue weighted by Gasteiger charge is 2.27. The van der Waals surface area contributed by atoms with E-state index < -0.39 is 0 Å². The molecule has 0 aromatic heterocycles. The maximum absolute atomic E-state index is 11.9. The quantitative estimate of drug-likeness (QED) is 0.819. The molecule has 0 unspecified atom stereocenters. The van der Waals surface area contributed by atoms with Gasteiger partial charge in [0.15, 0.2) is 0 Å². The van der Waals surface area contributed by atoms with Crippen LogP contribution in [0.4, 0.5) is 0 Å². The van der Waals surface area contributed by atoms with E-state index in [4.69, 9.17) is 16.3 Å². The number of hydrogen-bond acceptors (Lipinski definition) is 3. The molecular weight excluding hydrogens is 276 g/mol. The topological polar surface area (TPSA) is 41.6 Å². The molecule has 0 aliphatic carbocycles. The maximum Gasteiger partial charge on any atom is 0.234 e. The average Bonchev–Trinajstić information content (AvgIpc) is 2.88. The minimum absolute atomic E-state index is 0.0583. The molecule has 1 aliphatic heterocycles. The molecule has 1 N–H and O–H groups in total. The predicted molar refractivity (Wildman–Crippen MR) is 79.9 cm³/mol. The third-order valence-electron chi connectivity index (χ3n) is 3.59. The summed E-state index contributed by atoms with van der Waals surface area (Å²) in [4.78, 5) is 14.1. The van der Waals surface area contributed by atoms with Crippen LogP contribution >= 0.6 is 11.6 Å². The van der Waals surface area contributed by atoms with Gasteiger partial charge in [-0.1, -0.05) is 23.7 Å². The van der Waals surface area contributed by atoms with Crippen molar-refractivity contribution in [3.8, 4) is 0 Å². The first-order chi connectivity index (χ1) is 9.70. The van der Waals surface area contributed by atoms with Gasteiger partial charge in [-0.15, -0.1) is 0 Å². The molecule has 0 bridgehead atoms. The molecule has 1 amide bonds. The fraction of sp³-hybridized carbons (Fsp3) is 0.533. The van der Waals surface area contributed by atoms with Crippen LogP contribution in [0, 0.1) is 0 Å². The van der Waals surface area contributed by atoms with E-state index in [0.717, 1.165) is 24.4 Å². The number of hydrogen-bond donors (Lipinski definition) is 1. The van der Waals surface area contributed by atoms with Crippen LogP contribution in [-0.4, -0.2) is 44.2 Å². The summed E-state index contributed by atoms with van der Waals surface area (Å²) in [6, 6.07) is 8.24. The number of nitrogens with zero attached hydrogens (tertiary/aromatic N) is 1. The number of nitrogens with one attached hydrogen (secondary N) is 1. The molecule has 4 nitrogen and oxygen atoms in total. The van der Waals surface area contributed by atoms with Crippen molar-refractivity contribution in [2.24, 2.45) is 0 Å². The summed E-state index contributed by atoms with van der Waals surface area (Å²) in [6.45, 7) is 2.52. The zero-order valence-corrected chi connectivity index (χ0v) is 12.5. The molecule has 1 heterocycles. The van der Waals surface area contributed by atoms with Crippen LogP contribution in [0.15, 0.2) is 24.3 Å². The Kier molecular flexibility index (Phi) is 5.83. The van der Waals surface area contributed by atoms with E-state index in [1.165, 1.54) is 5.56 Å². The summed E-state index contributed by atoms with van der Waals surface area (Å²) < 4.78 is 4.92. The first-order valence-corrected chi connectivity index (χ1v) is 7.33. The van der Waals surface area contributed by atoms with Crippen molar-refractivity contribution in [1.29, 1.82) is 0 Å². The minimum Gasteiger partial charge on any atom is -0.383 e. The van der Waals surface area contributed by atoms with Crippen LogP contribution in [0.2, 0.25) is 5.02 Å². The van der Waals surface area contributed by atoms with Crippen molar-refractivity contribution in [2.75, 3.05) is 33.4 Å². The number of amides is 1. The number of halogens is 1. The molecule has 1 aliphatic rings. The number of carbonyl (C=O) groups is 1. The molecule has 1 saturated heterocycles. The Morgan fingerprint density at radius 3 is 2.90 bits per heavy atom. The monoisotopic (exact) mass is 296 g/mol. The van der Waals surface area contributed by atoms with E-state index in [1.54, 1.807) is 7.11 Å². The lowest BCUT2D eigenvalue weighted by Gasteiger charge is -2.24. The third-order valence-corrected chi connectivity index (χ3v) is 3.85. The molecule has 0 saturated carbocycles. The van der Waals surface area contributed by atoms with Crippen molar-refractivity contribution in [1.82, 2.24) is 10.2 Å². The molecule has 5 heteroatoms. The van der Waals surface area contributed by atoms with Crippen LogP contribution in [0.3, 0.4) is 0 Å². The Hall–Kier alpha value is -1.10. The van der Waals surface area contributed by atoms with Gasteiger partial charge in [-0.2, -0.15) is 0 Å². The van der Waals surface area contributed by atoms with Gasteiger partial charge in [-0.3, -0.25) is 9.69 Å². The smallest absolute Gasteiger partial charge is 0.234 e. The highest BCUT2D eigenvalue weighted by Crippen LogP contribution is 2.31. The van der Waals surface area contributed by atoms with Gasteiger partial charge in [0.25, 0.3) is 0 Å². The molecule has 2 rings (SSSR count). The zero-order chi connectivity index (χ0) is 14.4. The van der Waals surface area contributed by atoms with E-state index in [2.05, 4.69) is 10.2 Å². The highest BCUT2D eigenvalue weighted by atomic mass is 35.5. The van der Waals surface area contributed by atoms with E-state index in [0.29, 0.717) is 25.7 Å². The molecule has 1 aromatic rings. The molecule has 1 atom stereocenters. The first kappa shape index (κ1) is 15.3. The number of rotatable bonds is 6. The second kappa shape index (κ2) is 7.62. The van der Waals surface area contributed by atoms with E-state index in [1.807, 2.05) is 24.3 Å². The molecule has 1 aromatic carbocycles. The Bertz CT molecular complexity index is 436. The van der Waals surface area contributed by atoms with Gasteiger partial charge in [0.1, 0.15) is 0 Å². The fourth-order valence-electron chi connectivity index (χ4n) is 2.61. The Morgan fingerprint density at radius 2 is 2.20 bits per heavy atom. The van der Waals surface area contributed by atoms with Crippen molar-refractivity contribution in [3.05, 3.63) is 34.9 Å². The van der Waals surface area contributed by atoms with E-state index in [9.17, 15) is 4.79 Å². The highest BCUT2D eigenvalue weighted by molar-refractivity contribution is 6.30. The summed E-state index contributed by atoms with van der Waals surface area (Å²) >= 11 is 5.92. The predicted octanol–water partition coefficient (Wildman–Crippen LogP) is 2.24. The van der Waals surface area contributed by atoms with Crippen LogP contribution in [-0.2, 0) is 9.53 Å². The summed E-state index contributed by atoms with van der Waals surface area (Å²) in [5.74, 6) is 0.0583. The Morgan fingerprint density at radius 1 is 1.45 bits per heavy atom. The van der Waals surface area contributed by atoms with Gasteiger partial charge < -0.3 is 10.1 Å². The number of likely N-dealkylation sites (tertiary alicyclic amines) is 1. The van der Waals surface area contributed by atoms with Crippen molar-refractivity contribution in [2.45, 2.75) is 18.9 Å². The fourth-order valence-corrected chi connectivity index (χ4v) is 2.74. The van der Waals surface area contributed by atoms with E-state index >= 15 is 0 Å². The second-order valence-corrected chi connectivity index (χ2v) is 5.46. The van der Waals surface area contributed by atoms with Crippen molar-refractivity contribution in [3.63, 3.8) is 0 Å². The molecule has 110 valence electrons. The van der Waals surface area contributed by atoms with Crippen LogP contribution in [0.25, 0.3) is 0 Å². The van der Waals surface area contributed by atoms with Gasteiger partial charge >= 0.3 is 0 Å². The van der Waals surface area contributed by atoms with Gasteiger partial charge in [-0.05, 0) is 37.1 Å². The number of ether oxygens (including phenoxy) is 1. The average molecular weight is 297 g/mol. The summed E-state index contributed by atoms with van der Waals surface area (Å²) in [5.41, 5.74) is 1.23. The summed E-state index contributed by atoms with van der Waals surface area (Å²) in [6.07, 6.45) is 2.21. The second-order valence-electron chi connectivity index (χ2n) is 5.02. The minimum atomic E-state index is 0.0583. The number of methoxy groups -OCH3 is 1. The zero-order valence-electron chi connectivity index (χ0n) is 11.8. The lowest BCUT2D eigenvalue weighted by atomic mass is 10.0. The molecule has 0 spiro atoms. The molecular formula is C15H21ClN2O2. The maximum atomic E-state index is 11.9. The SMILES string of the molecule is COCCNC(=O)CN1CCC[C@@H]1c1ccc(Cl)cc1. The van der Waals surface area contributed by atoms with Crippen LogP contribution in [0.5, 0.6) is 0 Å². The standard InChI is InChI=1S/C15H21ClN2O2/c1-20-10-8-17-15(19)11-18-9-2-3-14(18)12-4-6-13(16)7-5-12/h4-7,14H,2-3,8-11H2,1H3,(H,17,19)/t14-/m1/s1. The lowest BCUT2D eigenvalue weighted by molar-refractivity contribution is -0.122. The number of carbonyl (C=O) groups excluding carboxylic acids is 1. The lowest BCUT2D eigenvalue weighted by Crippen LogP contribution is -2.38. The van der Waals surface area contributed by atoms with Gasteiger partial charge in [-0.25, -0.2) is 0 Å². The van der Waals surface area contributed by atoms with Gasteiger partial charge in [0, 0.05) is 24.7 Å². The Labute approximate surface area is 125 Å². The number of benzene rings is 1. The summed E-state index contributed by atoms with van der Waals surface area (Å²) in [5, 5.41) is 3.61. The molecule has 1 fully saturated rings. The van der Waals surface area contributed by atoms with Gasteiger partial charge in [0.2, 0.25) is 5.91 Å². The van der Waals surface area contributed by atoms with E-state index in [-0.39, 0.29) is 5.91 Å². The van der Waals surface area contributed by atoms with Crippen molar-refractivity contribution < 1.29 is 9.53 Å². The molecule has 0 radical (unpaired) electrons. The van der Waals surface area contributed by atoms with Crippen LogP contribution in [0.1, 0.15) is 24.4 Å².